The fourth-order valence-corrected chi connectivity index (χ4v) is 1.86. The second kappa shape index (κ2) is 4.85. The Morgan fingerprint density at radius 3 is 2.81 bits per heavy atom. The largest absolute Gasteiger partial charge is 0.347 e. The average molecular weight is 233 g/mol. The van der Waals surface area contributed by atoms with Crippen molar-refractivity contribution in [3.63, 3.8) is 0 Å². The zero-order chi connectivity index (χ0) is 11.4. The van der Waals surface area contributed by atoms with Crippen molar-refractivity contribution in [2.75, 3.05) is 0 Å². The molecule has 4 nitrogen and oxygen atoms in total. The fraction of sp³-hybridized carbons (Fsp3) is 0.182. The van der Waals surface area contributed by atoms with E-state index in [2.05, 4.69) is 15.3 Å². The summed E-state index contributed by atoms with van der Waals surface area (Å²) in [7, 11) is 0. The first-order valence-corrected chi connectivity index (χ1v) is 5.72. The van der Waals surface area contributed by atoms with E-state index in [4.69, 9.17) is 0 Å². The molecule has 0 saturated carbocycles. The standard InChI is InChI=1S/C11H11N3OS/c1-8-10(14-7-16-8)11(15)13-6-9-2-4-12-5-3-9/h2-5,7H,6H2,1H3,(H,13,15). The Hall–Kier alpha value is -1.75. The summed E-state index contributed by atoms with van der Waals surface area (Å²) in [4.78, 5) is 20.6. The number of pyridine rings is 1. The lowest BCUT2D eigenvalue weighted by Crippen LogP contribution is -2.23. The first-order valence-electron chi connectivity index (χ1n) is 4.84. The van der Waals surface area contributed by atoms with E-state index >= 15 is 0 Å². The van der Waals surface area contributed by atoms with Gasteiger partial charge in [0.25, 0.3) is 5.91 Å². The van der Waals surface area contributed by atoms with E-state index in [1.165, 1.54) is 11.3 Å². The van der Waals surface area contributed by atoms with Crippen LogP contribution in [0.2, 0.25) is 0 Å². The molecular weight excluding hydrogens is 222 g/mol. The molecule has 82 valence electrons. The summed E-state index contributed by atoms with van der Waals surface area (Å²) in [6.45, 7) is 2.39. The molecule has 0 unspecified atom stereocenters. The van der Waals surface area contributed by atoms with Gasteiger partial charge in [0.2, 0.25) is 0 Å². The molecule has 0 saturated heterocycles. The Balaban J connectivity index is 1.97. The average Bonchev–Trinajstić information content (AvgIpc) is 2.74. The molecule has 0 aliphatic rings. The normalized spacial score (nSPS) is 10.1. The third kappa shape index (κ3) is 2.43. The highest BCUT2D eigenvalue weighted by molar-refractivity contribution is 7.09. The number of thiazole rings is 1. The number of aromatic nitrogens is 2. The molecule has 1 amide bonds. The van der Waals surface area contributed by atoms with E-state index in [1.807, 2.05) is 19.1 Å². The summed E-state index contributed by atoms with van der Waals surface area (Å²) >= 11 is 1.47. The lowest BCUT2D eigenvalue weighted by molar-refractivity contribution is 0.0946. The lowest BCUT2D eigenvalue weighted by atomic mass is 10.2. The number of aryl methyl sites for hydroxylation is 1. The summed E-state index contributed by atoms with van der Waals surface area (Å²) in [5.41, 5.74) is 3.21. The van der Waals surface area contributed by atoms with Gasteiger partial charge in [-0.3, -0.25) is 9.78 Å². The summed E-state index contributed by atoms with van der Waals surface area (Å²) in [5.74, 6) is -0.129. The molecule has 0 aliphatic heterocycles. The minimum absolute atomic E-state index is 0.129. The maximum absolute atomic E-state index is 11.7. The molecule has 2 aromatic heterocycles. The molecule has 0 radical (unpaired) electrons. The number of amides is 1. The van der Waals surface area contributed by atoms with Gasteiger partial charge in [-0.1, -0.05) is 0 Å². The Morgan fingerprint density at radius 2 is 2.19 bits per heavy atom. The van der Waals surface area contributed by atoms with Crippen molar-refractivity contribution in [1.82, 2.24) is 15.3 Å². The van der Waals surface area contributed by atoms with Crippen LogP contribution in [-0.4, -0.2) is 15.9 Å². The molecule has 0 aliphatic carbocycles. The highest BCUT2D eigenvalue weighted by atomic mass is 32.1. The molecule has 2 aromatic rings. The number of carbonyl (C=O) groups excluding carboxylic acids is 1. The molecule has 0 spiro atoms. The Labute approximate surface area is 97.4 Å². The predicted octanol–water partition coefficient (Wildman–Crippen LogP) is 1.78. The second-order valence-corrected chi connectivity index (χ2v) is 4.35. The van der Waals surface area contributed by atoms with E-state index < -0.39 is 0 Å². The minimum Gasteiger partial charge on any atom is -0.347 e. The predicted molar refractivity (Wildman–Crippen MR) is 62.3 cm³/mol. The van der Waals surface area contributed by atoms with E-state index in [1.54, 1.807) is 17.9 Å². The number of hydrogen-bond donors (Lipinski definition) is 1. The van der Waals surface area contributed by atoms with Crippen LogP contribution in [0, 0.1) is 6.92 Å². The summed E-state index contributed by atoms with van der Waals surface area (Å²) in [5, 5.41) is 2.82. The SMILES string of the molecule is Cc1scnc1C(=O)NCc1ccncc1. The van der Waals surface area contributed by atoms with Gasteiger partial charge in [-0.2, -0.15) is 0 Å². The second-order valence-electron chi connectivity index (χ2n) is 3.30. The van der Waals surface area contributed by atoms with Crippen LogP contribution in [0.3, 0.4) is 0 Å². The first kappa shape index (κ1) is 10.8. The van der Waals surface area contributed by atoms with E-state index in [-0.39, 0.29) is 5.91 Å². The van der Waals surface area contributed by atoms with Crippen molar-refractivity contribution in [1.29, 1.82) is 0 Å². The number of nitrogens with one attached hydrogen (secondary N) is 1. The summed E-state index contributed by atoms with van der Waals surface area (Å²) in [6.07, 6.45) is 3.41. The van der Waals surface area contributed by atoms with Crippen molar-refractivity contribution in [2.45, 2.75) is 13.5 Å². The van der Waals surface area contributed by atoms with E-state index in [9.17, 15) is 4.79 Å². The van der Waals surface area contributed by atoms with Gasteiger partial charge in [-0.15, -0.1) is 11.3 Å². The highest BCUT2D eigenvalue weighted by Crippen LogP contribution is 2.10. The van der Waals surface area contributed by atoms with Crippen LogP contribution < -0.4 is 5.32 Å². The maximum atomic E-state index is 11.7. The van der Waals surface area contributed by atoms with Crippen molar-refractivity contribution < 1.29 is 4.79 Å². The topological polar surface area (TPSA) is 54.9 Å². The smallest absolute Gasteiger partial charge is 0.271 e. The molecule has 2 rings (SSSR count). The molecule has 5 heteroatoms. The summed E-state index contributed by atoms with van der Waals surface area (Å²) in [6, 6.07) is 3.74. The van der Waals surface area contributed by atoms with Crippen LogP contribution in [0.1, 0.15) is 20.9 Å². The fourth-order valence-electron chi connectivity index (χ4n) is 1.29. The zero-order valence-corrected chi connectivity index (χ0v) is 9.62. The van der Waals surface area contributed by atoms with Gasteiger partial charge in [0, 0.05) is 23.8 Å². The van der Waals surface area contributed by atoms with Crippen LogP contribution in [0.4, 0.5) is 0 Å². The number of carbonyl (C=O) groups is 1. The van der Waals surface area contributed by atoms with Crippen LogP contribution in [0.15, 0.2) is 30.0 Å². The molecule has 0 fully saturated rings. The molecule has 0 bridgehead atoms. The monoisotopic (exact) mass is 233 g/mol. The van der Waals surface area contributed by atoms with Crippen LogP contribution in [0.5, 0.6) is 0 Å². The van der Waals surface area contributed by atoms with Gasteiger partial charge in [-0.25, -0.2) is 4.98 Å². The molecule has 0 aromatic carbocycles. The lowest BCUT2D eigenvalue weighted by Gasteiger charge is -2.03. The molecule has 2 heterocycles. The molecule has 0 atom stereocenters. The third-order valence-corrected chi connectivity index (χ3v) is 2.92. The van der Waals surface area contributed by atoms with Gasteiger partial charge >= 0.3 is 0 Å². The molecule has 1 N–H and O–H groups in total. The summed E-state index contributed by atoms with van der Waals surface area (Å²) < 4.78 is 0. The minimum atomic E-state index is -0.129. The Morgan fingerprint density at radius 1 is 1.44 bits per heavy atom. The molecule has 16 heavy (non-hydrogen) atoms. The van der Waals surface area contributed by atoms with Crippen LogP contribution in [0.25, 0.3) is 0 Å². The van der Waals surface area contributed by atoms with Crippen molar-refractivity contribution in [2.24, 2.45) is 0 Å². The van der Waals surface area contributed by atoms with Gasteiger partial charge in [0.05, 0.1) is 5.51 Å². The Bertz CT molecular complexity index is 481. The highest BCUT2D eigenvalue weighted by Gasteiger charge is 2.10. The zero-order valence-electron chi connectivity index (χ0n) is 8.80. The van der Waals surface area contributed by atoms with Gasteiger partial charge in [0.1, 0.15) is 5.69 Å². The number of nitrogens with zero attached hydrogens (tertiary/aromatic N) is 2. The van der Waals surface area contributed by atoms with E-state index in [0.29, 0.717) is 12.2 Å². The van der Waals surface area contributed by atoms with Crippen molar-refractivity contribution >= 4 is 17.2 Å². The van der Waals surface area contributed by atoms with Gasteiger partial charge in [0.15, 0.2) is 0 Å². The molecular formula is C11H11N3OS. The number of hydrogen-bond acceptors (Lipinski definition) is 4. The van der Waals surface area contributed by atoms with Crippen molar-refractivity contribution in [3.8, 4) is 0 Å². The van der Waals surface area contributed by atoms with E-state index in [0.717, 1.165) is 10.4 Å². The quantitative estimate of drug-likeness (QED) is 0.879. The van der Waals surface area contributed by atoms with Gasteiger partial charge in [-0.05, 0) is 24.6 Å². The van der Waals surface area contributed by atoms with Crippen molar-refractivity contribution in [3.05, 3.63) is 46.2 Å². The third-order valence-electron chi connectivity index (χ3n) is 2.16. The van der Waals surface area contributed by atoms with Crippen LogP contribution >= 0.6 is 11.3 Å². The van der Waals surface area contributed by atoms with Gasteiger partial charge < -0.3 is 5.32 Å². The Kier molecular flexibility index (Phi) is 3.26. The maximum Gasteiger partial charge on any atom is 0.271 e. The van der Waals surface area contributed by atoms with Crippen LogP contribution in [-0.2, 0) is 6.54 Å². The number of rotatable bonds is 3. The first-order chi connectivity index (χ1) is 7.77.